The number of hydrogen-bond acceptors (Lipinski definition) is 6. The lowest BCUT2D eigenvalue weighted by molar-refractivity contribution is -0.137. The number of amides is 3. The number of carbonyl (C=O) groups excluding carboxylic acids is 3. The maximum Gasteiger partial charge on any atom is 0.335 e. The topological polar surface area (TPSA) is 151 Å². The van der Waals surface area contributed by atoms with Crippen molar-refractivity contribution in [3.8, 4) is 11.1 Å². The molecule has 1 aromatic heterocycles. The monoisotopic (exact) mass is 698 g/mol. The van der Waals surface area contributed by atoms with Gasteiger partial charge in [0.05, 0.1) is 28.3 Å². The van der Waals surface area contributed by atoms with Crippen molar-refractivity contribution in [2.75, 3.05) is 29.9 Å². The highest BCUT2D eigenvalue weighted by atomic mass is 35.5. The Bertz CT molecular complexity index is 1980. The summed E-state index contributed by atoms with van der Waals surface area (Å²) in [4.78, 5) is 52.9. The van der Waals surface area contributed by atoms with Crippen LogP contribution in [0.25, 0.3) is 22.0 Å². The van der Waals surface area contributed by atoms with Crippen LogP contribution in [0.5, 0.6) is 0 Å². The number of nitrogens with zero attached hydrogens (tertiary/aromatic N) is 4. The number of halogens is 4. The van der Waals surface area contributed by atoms with E-state index in [0.717, 1.165) is 0 Å². The molecule has 4 aromatic rings. The first kappa shape index (κ1) is 35.2. The minimum absolute atomic E-state index is 0.0834. The molecular weight excluding hydrogens is 665 g/mol. The summed E-state index contributed by atoms with van der Waals surface area (Å²) < 4.78 is 45.2. The molecule has 4 N–H and O–H groups in total. The molecule has 0 atom stereocenters. The van der Waals surface area contributed by atoms with E-state index < -0.39 is 61.1 Å². The van der Waals surface area contributed by atoms with Gasteiger partial charge < -0.3 is 26.0 Å². The zero-order chi connectivity index (χ0) is 35.8. The molecule has 1 saturated heterocycles. The van der Waals surface area contributed by atoms with Gasteiger partial charge in [-0.15, -0.1) is 0 Å². The third kappa shape index (κ3) is 7.33. The van der Waals surface area contributed by atoms with E-state index in [9.17, 15) is 33.1 Å². The third-order valence-corrected chi connectivity index (χ3v) is 8.91. The van der Waals surface area contributed by atoms with Crippen LogP contribution in [0.4, 0.5) is 24.5 Å². The molecule has 0 spiro atoms. The van der Waals surface area contributed by atoms with Gasteiger partial charge in [-0.2, -0.15) is 5.10 Å². The van der Waals surface area contributed by atoms with E-state index in [1.54, 1.807) is 37.8 Å². The van der Waals surface area contributed by atoms with Crippen LogP contribution in [0.1, 0.15) is 53.1 Å². The molecule has 15 heteroatoms. The number of nitrogens with one attached hydrogen (secondary N) is 1. The van der Waals surface area contributed by atoms with Crippen LogP contribution in [-0.2, 0) is 16.1 Å². The maximum absolute atomic E-state index is 15.9. The van der Waals surface area contributed by atoms with Gasteiger partial charge in [0.1, 0.15) is 13.1 Å². The minimum atomic E-state index is -2.82. The quantitative estimate of drug-likeness (QED) is 0.192. The Kier molecular flexibility index (Phi) is 9.90. The summed E-state index contributed by atoms with van der Waals surface area (Å²) in [5.41, 5.74) is 6.71. The molecule has 0 saturated carbocycles. The third-order valence-electron chi connectivity index (χ3n) is 8.43. The number of alkyl halides is 2. The fraction of sp³-hybridized carbons (Fsp3) is 0.324. The zero-order valence-corrected chi connectivity index (χ0v) is 27.7. The number of anilines is 2. The number of fused-ring (bicyclic) bond motifs is 1. The Balaban J connectivity index is 1.34. The number of benzene rings is 3. The largest absolute Gasteiger partial charge is 0.478 e. The molecule has 1 fully saturated rings. The summed E-state index contributed by atoms with van der Waals surface area (Å²) in [5.74, 6) is -6.99. The Morgan fingerprint density at radius 3 is 2.51 bits per heavy atom. The predicted molar refractivity (Wildman–Crippen MR) is 179 cm³/mol. The first-order valence-electron chi connectivity index (χ1n) is 15.4. The van der Waals surface area contributed by atoms with Crippen molar-refractivity contribution in [2.45, 2.75) is 52.1 Å². The second kappa shape index (κ2) is 13.8. The van der Waals surface area contributed by atoms with Gasteiger partial charge in [-0.05, 0) is 63.1 Å². The second-order valence-corrected chi connectivity index (χ2v) is 12.6. The first-order valence-corrected chi connectivity index (χ1v) is 15.8. The second-order valence-electron chi connectivity index (χ2n) is 12.2. The number of primary amides is 1. The predicted octanol–water partition coefficient (Wildman–Crippen LogP) is 5.71. The average molecular weight is 699 g/mol. The van der Waals surface area contributed by atoms with Crippen molar-refractivity contribution in [2.24, 2.45) is 5.73 Å². The standard InChI is InChI=1S/C34H34ClF3N6O5/c1-18(2)43(28(46)16-44-26-10-8-20(33(48)49)14-23(26)31(41-44)32(39)47)15-27(45)40-24-7-4-6-22(30(24)36)21-9-11-25(19(3)29(21)35)42-13-5-12-34(37,38)17-42/h4,6-11,14,18H,5,12-13,15-17H2,1-3H3,(H2,39,47)(H,40,45)(H,48,49). The van der Waals surface area contributed by atoms with E-state index in [4.69, 9.17) is 17.3 Å². The summed E-state index contributed by atoms with van der Waals surface area (Å²) in [6.45, 7) is 4.19. The van der Waals surface area contributed by atoms with E-state index in [2.05, 4.69) is 10.4 Å². The van der Waals surface area contributed by atoms with Gasteiger partial charge >= 0.3 is 5.97 Å². The number of piperidine rings is 1. The van der Waals surface area contributed by atoms with Crippen molar-refractivity contribution < 1.29 is 37.5 Å². The summed E-state index contributed by atoms with van der Waals surface area (Å²) in [5, 5.41) is 16.3. The molecular formula is C34H34ClF3N6O5. The molecule has 1 aliphatic heterocycles. The Hall–Kier alpha value is -5.11. The molecule has 258 valence electrons. The molecule has 49 heavy (non-hydrogen) atoms. The Morgan fingerprint density at radius 2 is 1.86 bits per heavy atom. The lowest BCUT2D eigenvalue weighted by Crippen LogP contribution is -2.44. The van der Waals surface area contributed by atoms with E-state index >= 15 is 4.39 Å². The van der Waals surface area contributed by atoms with Crippen LogP contribution in [0.3, 0.4) is 0 Å². The molecule has 0 unspecified atom stereocenters. The van der Waals surface area contributed by atoms with Gasteiger partial charge in [0.25, 0.3) is 11.8 Å². The molecule has 1 aliphatic rings. The number of aromatic carboxylic acids is 1. The van der Waals surface area contributed by atoms with Gasteiger partial charge in [0.2, 0.25) is 11.8 Å². The highest BCUT2D eigenvalue weighted by molar-refractivity contribution is 6.34. The Labute approximate surface area is 284 Å². The summed E-state index contributed by atoms with van der Waals surface area (Å²) in [7, 11) is 0. The lowest BCUT2D eigenvalue weighted by Gasteiger charge is -2.35. The molecule has 11 nitrogen and oxygen atoms in total. The van der Waals surface area contributed by atoms with Crippen LogP contribution in [0.15, 0.2) is 48.5 Å². The molecule has 5 rings (SSSR count). The van der Waals surface area contributed by atoms with Crippen molar-refractivity contribution in [1.82, 2.24) is 14.7 Å². The highest BCUT2D eigenvalue weighted by Crippen LogP contribution is 2.40. The smallest absolute Gasteiger partial charge is 0.335 e. The van der Waals surface area contributed by atoms with Crippen LogP contribution >= 0.6 is 11.6 Å². The summed E-state index contributed by atoms with van der Waals surface area (Å²) in [6, 6.07) is 11.0. The van der Waals surface area contributed by atoms with Crippen molar-refractivity contribution >= 4 is 57.6 Å². The fourth-order valence-corrected chi connectivity index (χ4v) is 6.23. The van der Waals surface area contributed by atoms with Gasteiger partial charge in [0, 0.05) is 41.2 Å². The van der Waals surface area contributed by atoms with Crippen LogP contribution in [0.2, 0.25) is 5.02 Å². The van der Waals surface area contributed by atoms with Crippen LogP contribution in [-0.4, -0.2) is 75.1 Å². The lowest BCUT2D eigenvalue weighted by atomic mass is 9.99. The molecule has 0 bridgehead atoms. The van der Waals surface area contributed by atoms with Gasteiger partial charge in [-0.3, -0.25) is 19.1 Å². The molecule has 3 amide bonds. The first-order chi connectivity index (χ1) is 23.1. The van der Waals surface area contributed by atoms with Crippen LogP contribution < -0.4 is 16.0 Å². The van der Waals surface area contributed by atoms with E-state index in [-0.39, 0.29) is 44.9 Å². The minimum Gasteiger partial charge on any atom is -0.478 e. The number of carboxylic acid groups (broad SMARTS) is 1. The average Bonchev–Trinajstić information content (AvgIpc) is 3.39. The van der Waals surface area contributed by atoms with Crippen molar-refractivity contribution in [3.05, 3.63) is 76.2 Å². The van der Waals surface area contributed by atoms with Gasteiger partial charge in [-0.1, -0.05) is 29.8 Å². The number of nitrogens with two attached hydrogens (primary N) is 1. The zero-order valence-electron chi connectivity index (χ0n) is 26.9. The normalized spacial score (nSPS) is 14.2. The van der Waals surface area contributed by atoms with E-state index in [0.29, 0.717) is 29.8 Å². The number of aromatic nitrogens is 2. The fourth-order valence-electron chi connectivity index (χ4n) is 5.97. The van der Waals surface area contributed by atoms with Crippen molar-refractivity contribution in [1.29, 1.82) is 0 Å². The molecule has 2 heterocycles. The molecule has 3 aromatic carbocycles. The van der Waals surface area contributed by atoms with Crippen molar-refractivity contribution in [3.63, 3.8) is 0 Å². The van der Waals surface area contributed by atoms with Crippen LogP contribution in [0, 0.1) is 12.7 Å². The number of carboxylic acids is 1. The van der Waals surface area contributed by atoms with E-state index in [1.165, 1.54) is 46.0 Å². The van der Waals surface area contributed by atoms with Gasteiger partial charge in [0.15, 0.2) is 11.5 Å². The number of hydrogen-bond donors (Lipinski definition) is 3. The number of carbonyl (C=O) groups is 4. The molecule has 0 aliphatic carbocycles. The molecule has 0 radical (unpaired) electrons. The summed E-state index contributed by atoms with van der Waals surface area (Å²) in [6.07, 6.45) is 0.144. The number of rotatable bonds is 10. The summed E-state index contributed by atoms with van der Waals surface area (Å²) >= 11 is 6.66. The highest BCUT2D eigenvalue weighted by Gasteiger charge is 2.36. The van der Waals surface area contributed by atoms with E-state index in [1.807, 2.05) is 0 Å². The maximum atomic E-state index is 15.9. The Morgan fingerprint density at radius 1 is 1.12 bits per heavy atom. The SMILES string of the molecule is Cc1c(N2CCCC(F)(F)C2)ccc(-c2cccc(NC(=O)CN(C(=O)Cn3nc(C(N)=O)c4cc(C(=O)O)ccc43)C(C)C)c2F)c1Cl. The van der Waals surface area contributed by atoms with Gasteiger partial charge in [-0.25, -0.2) is 18.0 Å².